The Hall–Kier alpha value is -1.75. The van der Waals surface area contributed by atoms with Crippen LogP contribution in [0.25, 0.3) is 0 Å². The Morgan fingerprint density at radius 3 is 2.81 bits per heavy atom. The number of aliphatic carboxylic acids is 1. The van der Waals surface area contributed by atoms with E-state index in [0.717, 1.165) is 5.56 Å². The standard InChI is InChI=1S/C15H18ClNO4/c1-9-12(16)4-3-5-13(9)21-8-14(18)17-7-6-11(10(17)2)15(19)20/h3-5,10-11H,6-8H2,1-2H3,(H,19,20). The van der Waals surface area contributed by atoms with Crippen LogP contribution in [0.1, 0.15) is 18.9 Å². The molecule has 0 aliphatic carbocycles. The summed E-state index contributed by atoms with van der Waals surface area (Å²) in [5.74, 6) is -0.991. The fourth-order valence-corrected chi connectivity index (χ4v) is 2.75. The Bertz CT molecular complexity index is 561. The van der Waals surface area contributed by atoms with Crippen LogP contribution in [0.5, 0.6) is 5.75 Å². The van der Waals surface area contributed by atoms with Crippen LogP contribution in [-0.2, 0) is 9.59 Å². The summed E-state index contributed by atoms with van der Waals surface area (Å²) in [5.41, 5.74) is 0.782. The van der Waals surface area contributed by atoms with E-state index in [1.54, 1.807) is 30.0 Å². The molecule has 0 saturated carbocycles. The normalized spacial score (nSPS) is 21.4. The molecule has 1 aromatic carbocycles. The molecule has 1 fully saturated rings. The van der Waals surface area contributed by atoms with Crippen LogP contribution in [0.4, 0.5) is 0 Å². The summed E-state index contributed by atoms with van der Waals surface area (Å²) in [6.45, 7) is 3.92. The summed E-state index contributed by atoms with van der Waals surface area (Å²) in [5, 5.41) is 9.66. The van der Waals surface area contributed by atoms with Crippen molar-refractivity contribution in [2.24, 2.45) is 5.92 Å². The first-order valence-electron chi connectivity index (χ1n) is 6.82. The molecule has 5 nitrogen and oxygen atoms in total. The lowest BCUT2D eigenvalue weighted by Crippen LogP contribution is -2.40. The minimum absolute atomic E-state index is 0.113. The fraction of sp³-hybridized carbons (Fsp3) is 0.467. The summed E-state index contributed by atoms with van der Waals surface area (Å²) in [4.78, 5) is 24.8. The van der Waals surface area contributed by atoms with Gasteiger partial charge < -0.3 is 14.7 Å². The number of ether oxygens (including phenoxy) is 1. The fourth-order valence-electron chi connectivity index (χ4n) is 2.59. The molecule has 21 heavy (non-hydrogen) atoms. The second-order valence-corrected chi connectivity index (χ2v) is 5.62. The van der Waals surface area contributed by atoms with Crippen molar-refractivity contribution in [3.05, 3.63) is 28.8 Å². The quantitative estimate of drug-likeness (QED) is 0.927. The lowest BCUT2D eigenvalue weighted by Gasteiger charge is -2.23. The highest BCUT2D eigenvalue weighted by Gasteiger charge is 2.38. The van der Waals surface area contributed by atoms with Crippen LogP contribution < -0.4 is 4.74 Å². The lowest BCUT2D eigenvalue weighted by atomic mass is 10.0. The first-order chi connectivity index (χ1) is 9.91. The van der Waals surface area contributed by atoms with E-state index < -0.39 is 11.9 Å². The van der Waals surface area contributed by atoms with Crippen molar-refractivity contribution in [2.45, 2.75) is 26.3 Å². The molecule has 0 aromatic heterocycles. The van der Waals surface area contributed by atoms with Crippen LogP contribution >= 0.6 is 11.6 Å². The van der Waals surface area contributed by atoms with Crippen LogP contribution in [0.2, 0.25) is 5.02 Å². The van der Waals surface area contributed by atoms with E-state index in [2.05, 4.69) is 0 Å². The predicted molar refractivity (Wildman–Crippen MR) is 78.6 cm³/mol. The van der Waals surface area contributed by atoms with Crippen molar-refractivity contribution in [3.8, 4) is 5.75 Å². The lowest BCUT2D eigenvalue weighted by molar-refractivity contribution is -0.143. The minimum atomic E-state index is -0.857. The van der Waals surface area contributed by atoms with Gasteiger partial charge in [0.15, 0.2) is 6.61 Å². The number of carboxylic acids is 1. The summed E-state index contributed by atoms with van der Waals surface area (Å²) in [6, 6.07) is 4.96. The molecule has 1 amide bonds. The molecule has 1 N–H and O–H groups in total. The SMILES string of the molecule is Cc1c(Cl)cccc1OCC(=O)N1CCC(C(=O)O)C1C. The topological polar surface area (TPSA) is 66.8 Å². The third-order valence-electron chi connectivity index (χ3n) is 3.96. The number of rotatable bonds is 4. The number of carbonyl (C=O) groups excluding carboxylic acids is 1. The van der Waals surface area contributed by atoms with Gasteiger partial charge >= 0.3 is 5.97 Å². The maximum Gasteiger partial charge on any atom is 0.308 e. The number of carboxylic acid groups (broad SMARTS) is 1. The Labute approximate surface area is 128 Å². The molecular formula is C15H18ClNO4. The third-order valence-corrected chi connectivity index (χ3v) is 4.37. The number of carbonyl (C=O) groups is 2. The number of nitrogens with zero attached hydrogens (tertiary/aromatic N) is 1. The molecule has 0 bridgehead atoms. The van der Waals surface area contributed by atoms with Crippen LogP contribution in [0, 0.1) is 12.8 Å². The first kappa shape index (κ1) is 15.6. The first-order valence-corrected chi connectivity index (χ1v) is 7.19. The van der Waals surface area contributed by atoms with Crippen molar-refractivity contribution in [3.63, 3.8) is 0 Å². The average molecular weight is 312 g/mol. The van der Waals surface area contributed by atoms with E-state index in [9.17, 15) is 9.59 Å². The largest absolute Gasteiger partial charge is 0.483 e. The second kappa shape index (κ2) is 6.35. The van der Waals surface area contributed by atoms with Gasteiger partial charge in [-0.05, 0) is 32.4 Å². The van der Waals surface area contributed by atoms with Gasteiger partial charge in [-0.15, -0.1) is 0 Å². The van der Waals surface area contributed by atoms with Crippen molar-refractivity contribution in [2.75, 3.05) is 13.2 Å². The third kappa shape index (κ3) is 3.29. The molecule has 2 rings (SSSR count). The molecule has 1 heterocycles. The molecule has 0 radical (unpaired) electrons. The van der Waals surface area contributed by atoms with Crippen LogP contribution in [-0.4, -0.2) is 41.1 Å². The minimum Gasteiger partial charge on any atom is -0.483 e. The Morgan fingerprint density at radius 2 is 2.19 bits per heavy atom. The smallest absolute Gasteiger partial charge is 0.308 e. The Balaban J connectivity index is 1.97. The van der Waals surface area contributed by atoms with Crippen LogP contribution in [0.15, 0.2) is 18.2 Å². The number of hydrogen-bond donors (Lipinski definition) is 1. The number of hydrogen-bond acceptors (Lipinski definition) is 3. The van der Waals surface area contributed by atoms with E-state index in [-0.39, 0.29) is 18.6 Å². The van der Waals surface area contributed by atoms with Crippen molar-refractivity contribution >= 4 is 23.5 Å². The summed E-state index contributed by atoms with van der Waals surface area (Å²) in [6.07, 6.45) is 0.485. The van der Waals surface area contributed by atoms with E-state index >= 15 is 0 Å². The van der Waals surface area contributed by atoms with E-state index in [1.165, 1.54) is 0 Å². The number of amides is 1. The number of benzene rings is 1. The Morgan fingerprint density at radius 1 is 1.48 bits per heavy atom. The molecule has 1 aromatic rings. The zero-order valence-electron chi connectivity index (χ0n) is 12.0. The van der Waals surface area contributed by atoms with Gasteiger partial charge in [-0.3, -0.25) is 9.59 Å². The zero-order chi connectivity index (χ0) is 15.6. The molecule has 6 heteroatoms. The van der Waals surface area contributed by atoms with E-state index in [4.69, 9.17) is 21.4 Å². The van der Waals surface area contributed by atoms with Crippen molar-refractivity contribution in [1.29, 1.82) is 0 Å². The maximum absolute atomic E-state index is 12.2. The summed E-state index contributed by atoms with van der Waals surface area (Å²) < 4.78 is 5.51. The highest BCUT2D eigenvalue weighted by atomic mass is 35.5. The average Bonchev–Trinajstić information content (AvgIpc) is 2.82. The predicted octanol–water partition coefficient (Wildman–Crippen LogP) is 2.35. The monoisotopic (exact) mass is 311 g/mol. The van der Waals surface area contributed by atoms with Crippen molar-refractivity contribution < 1.29 is 19.4 Å². The van der Waals surface area contributed by atoms with Gasteiger partial charge in [-0.2, -0.15) is 0 Å². The summed E-state index contributed by atoms with van der Waals surface area (Å²) in [7, 11) is 0. The van der Waals surface area contributed by atoms with Gasteiger partial charge in [-0.25, -0.2) is 0 Å². The van der Waals surface area contributed by atoms with Gasteiger partial charge in [0.1, 0.15) is 5.75 Å². The molecular weight excluding hydrogens is 294 g/mol. The van der Waals surface area contributed by atoms with E-state index in [1.807, 2.05) is 6.92 Å². The maximum atomic E-state index is 12.2. The second-order valence-electron chi connectivity index (χ2n) is 5.21. The van der Waals surface area contributed by atoms with Gasteiger partial charge in [0.05, 0.1) is 5.92 Å². The number of likely N-dealkylation sites (tertiary alicyclic amines) is 1. The molecule has 2 atom stereocenters. The van der Waals surface area contributed by atoms with Gasteiger partial charge in [0.25, 0.3) is 5.91 Å². The molecule has 2 unspecified atom stereocenters. The van der Waals surface area contributed by atoms with Gasteiger partial charge in [-0.1, -0.05) is 17.7 Å². The van der Waals surface area contributed by atoms with E-state index in [0.29, 0.717) is 23.7 Å². The van der Waals surface area contributed by atoms with Crippen molar-refractivity contribution in [1.82, 2.24) is 4.90 Å². The highest BCUT2D eigenvalue weighted by Crippen LogP contribution is 2.26. The van der Waals surface area contributed by atoms with Crippen LogP contribution in [0.3, 0.4) is 0 Å². The Kier molecular flexibility index (Phi) is 4.73. The molecule has 114 valence electrons. The zero-order valence-corrected chi connectivity index (χ0v) is 12.8. The molecule has 1 aliphatic heterocycles. The summed E-state index contributed by atoms with van der Waals surface area (Å²) >= 11 is 5.99. The van der Waals surface area contributed by atoms with Gasteiger partial charge in [0.2, 0.25) is 0 Å². The highest BCUT2D eigenvalue weighted by molar-refractivity contribution is 6.31. The molecule has 1 aliphatic rings. The molecule has 1 saturated heterocycles. The van der Waals surface area contributed by atoms with Gasteiger partial charge in [0, 0.05) is 23.2 Å². The number of halogens is 1. The molecule has 0 spiro atoms.